The average molecular weight is 316 g/mol. The van der Waals surface area contributed by atoms with E-state index in [9.17, 15) is 4.79 Å². The second-order valence-corrected chi connectivity index (χ2v) is 5.51. The summed E-state index contributed by atoms with van der Waals surface area (Å²) in [6.07, 6.45) is 4.95. The molecule has 1 aromatic carbocycles. The second kappa shape index (κ2) is 6.73. The van der Waals surface area contributed by atoms with Crippen molar-refractivity contribution in [3.8, 4) is 11.5 Å². The molecule has 6 nitrogen and oxygen atoms in total. The standard InChI is InChI=1S/C17H20N2O4/c1-21-11-8-9-15(22-2)13(10-11)18-17(20)16-12-6-4-3-5-7-14(12)23-19-16/h8-10H,3-7H2,1-2H3,(H,18,20). The SMILES string of the molecule is COc1ccc(OC)c(NC(=O)c2noc3c2CCCCC3)c1. The molecule has 0 bridgehead atoms. The van der Waals surface area contributed by atoms with Crippen LogP contribution in [0, 0.1) is 0 Å². The number of aromatic nitrogens is 1. The summed E-state index contributed by atoms with van der Waals surface area (Å²) in [4.78, 5) is 12.6. The van der Waals surface area contributed by atoms with Gasteiger partial charge in [0, 0.05) is 18.1 Å². The summed E-state index contributed by atoms with van der Waals surface area (Å²) in [5.41, 5.74) is 1.84. The Morgan fingerprint density at radius 1 is 1.17 bits per heavy atom. The molecule has 122 valence electrons. The summed E-state index contributed by atoms with van der Waals surface area (Å²) < 4.78 is 15.8. The van der Waals surface area contributed by atoms with E-state index >= 15 is 0 Å². The van der Waals surface area contributed by atoms with E-state index in [1.807, 2.05) is 0 Å². The molecule has 1 amide bonds. The van der Waals surface area contributed by atoms with Gasteiger partial charge in [-0.05, 0) is 31.4 Å². The molecular weight excluding hydrogens is 296 g/mol. The number of rotatable bonds is 4. The first-order valence-electron chi connectivity index (χ1n) is 7.73. The predicted molar refractivity (Wildman–Crippen MR) is 85.3 cm³/mol. The molecule has 0 atom stereocenters. The van der Waals surface area contributed by atoms with E-state index in [2.05, 4.69) is 10.5 Å². The van der Waals surface area contributed by atoms with Gasteiger partial charge in [-0.2, -0.15) is 0 Å². The smallest absolute Gasteiger partial charge is 0.278 e. The van der Waals surface area contributed by atoms with E-state index < -0.39 is 0 Å². The quantitative estimate of drug-likeness (QED) is 0.877. The Bertz CT molecular complexity index is 709. The number of fused-ring (bicyclic) bond motifs is 1. The normalized spacial score (nSPS) is 13.8. The van der Waals surface area contributed by atoms with Crippen molar-refractivity contribution in [2.75, 3.05) is 19.5 Å². The summed E-state index contributed by atoms with van der Waals surface area (Å²) in [5, 5.41) is 6.82. The first kappa shape index (κ1) is 15.4. The summed E-state index contributed by atoms with van der Waals surface area (Å²) in [5.74, 6) is 1.75. The summed E-state index contributed by atoms with van der Waals surface area (Å²) in [7, 11) is 3.13. The third kappa shape index (κ3) is 3.16. The van der Waals surface area contributed by atoms with Crippen LogP contribution in [0.4, 0.5) is 5.69 Å². The first-order chi connectivity index (χ1) is 11.2. The highest BCUT2D eigenvalue weighted by molar-refractivity contribution is 6.04. The number of nitrogens with one attached hydrogen (secondary N) is 1. The molecule has 1 heterocycles. The summed E-state index contributed by atoms with van der Waals surface area (Å²) in [6.45, 7) is 0. The third-order valence-electron chi connectivity index (χ3n) is 4.07. The van der Waals surface area contributed by atoms with E-state index in [1.54, 1.807) is 32.4 Å². The largest absolute Gasteiger partial charge is 0.497 e. The van der Waals surface area contributed by atoms with Gasteiger partial charge in [0.15, 0.2) is 5.69 Å². The fourth-order valence-corrected chi connectivity index (χ4v) is 2.83. The van der Waals surface area contributed by atoms with Gasteiger partial charge < -0.3 is 19.3 Å². The monoisotopic (exact) mass is 316 g/mol. The number of nitrogens with zero attached hydrogens (tertiary/aromatic N) is 1. The van der Waals surface area contributed by atoms with Gasteiger partial charge in [0.1, 0.15) is 17.3 Å². The molecule has 1 aromatic heterocycles. The number of carbonyl (C=O) groups excluding carboxylic acids is 1. The van der Waals surface area contributed by atoms with Crippen molar-refractivity contribution in [3.63, 3.8) is 0 Å². The number of carbonyl (C=O) groups is 1. The van der Waals surface area contributed by atoms with Crippen molar-refractivity contribution in [2.24, 2.45) is 0 Å². The Morgan fingerprint density at radius 2 is 2.00 bits per heavy atom. The molecule has 1 aliphatic rings. The Labute approximate surface area is 134 Å². The minimum atomic E-state index is -0.288. The third-order valence-corrected chi connectivity index (χ3v) is 4.07. The van der Waals surface area contributed by atoms with Crippen molar-refractivity contribution >= 4 is 11.6 Å². The van der Waals surface area contributed by atoms with Crippen LogP contribution in [0.15, 0.2) is 22.7 Å². The van der Waals surface area contributed by atoms with Crippen LogP contribution in [0.25, 0.3) is 0 Å². The zero-order chi connectivity index (χ0) is 16.2. The van der Waals surface area contributed by atoms with Crippen molar-refractivity contribution in [2.45, 2.75) is 32.1 Å². The lowest BCUT2D eigenvalue weighted by Gasteiger charge is -2.11. The van der Waals surface area contributed by atoms with Gasteiger partial charge in [-0.15, -0.1) is 0 Å². The van der Waals surface area contributed by atoms with Crippen molar-refractivity contribution in [3.05, 3.63) is 35.2 Å². The molecule has 0 fully saturated rings. The summed E-state index contributed by atoms with van der Waals surface area (Å²) in [6, 6.07) is 5.24. The zero-order valence-corrected chi connectivity index (χ0v) is 13.3. The van der Waals surface area contributed by atoms with Crippen LogP contribution in [0.3, 0.4) is 0 Å². The lowest BCUT2D eigenvalue weighted by molar-refractivity contribution is 0.101. The van der Waals surface area contributed by atoms with E-state index in [-0.39, 0.29) is 5.91 Å². The van der Waals surface area contributed by atoms with Gasteiger partial charge in [0.2, 0.25) is 0 Å². The number of aryl methyl sites for hydroxylation is 1. The number of benzene rings is 1. The van der Waals surface area contributed by atoms with Crippen LogP contribution in [-0.2, 0) is 12.8 Å². The minimum Gasteiger partial charge on any atom is -0.497 e. The lowest BCUT2D eigenvalue weighted by atomic mass is 10.1. The molecule has 0 saturated heterocycles. The molecule has 6 heteroatoms. The maximum Gasteiger partial charge on any atom is 0.278 e. The van der Waals surface area contributed by atoms with Crippen LogP contribution in [0.2, 0.25) is 0 Å². The highest BCUT2D eigenvalue weighted by atomic mass is 16.5. The first-order valence-corrected chi connectivity index (χ1v) is 7.73. The Kier molecular flexibility index (Phi) is 4.50. The highest BCUT2D eigenvalue weighted by Gasteiger charge is 2.23. The van der Waals surface area contributed by atoms with E-state index in [0.717, 1.165) is 43.4 Å². The number of hydrogen-bond donors (Lipinski definition) is 1. The molecule has 23 heavy (non-hydrogen) atoms. The van der Waals surface area contributed by atoms with E-state index in [1.165, 1.54) is 0 Å². The number of amides is 1. The predicted octanol–water partition coefficient (Wildman–Crippen LogP) is 3.21. The Morgan fingerprint density at radius 3 is 2.78 bits per heavy atom. The fraction of sp³-hybridized carbons (Fsp3) is 0.412. The Balaban J connectivity index is 1.86. The maximum atomic E-state index is 12.6. The topological polar surface area (TPSA) is 73.6 Å². The number of ether oxygens (including phenoxy) is 2. The minimum absolute atomic E-state index is 0.288. The summed E-state index contributed by atoms with van der Waals surface area (Å²) >= 11 is 0. The number of anilines is 1. The van der Waals surface area contributed by atoms with Crippen molar-refractivity contribution in [1.82, 2.24) is 5.16 Å². The molecule has 1 aliphatic carbocycles. The van der Waals surface area contributed by atoms with E-state index in [4.69, 9.17) is 14.0 Å². The van der Waals surface area contributed by atoms with Gasteiger partial charge in [-0.25, -0.2) is 0 Å². The fourth-order valence-electron chi connectivity index (χ4n) is 2.83. The molecule has 1 N–H and O–H groups in total. The second-order valence-electron chi connectivity index (χ2n) is 5.51. The van der Waals surface area contributed by atoms with Crippen molar-refractivity contribution < 1.29 is 18.8 Å². The van der Waals surface area contributed by atoms with Gasteiger partial charge in [-0.1, -0.05) is 11.6 Å². The van der Waals surface area contributed by atoms with Crippen LogP contribution < -0.4 is 14.8 Å². The molecule has 0 spiro atoms. The van der Waals surface area contributed by atoms with Gasteiger partial charge in [-0.3, -0.25) is 4.79 Å². The van der Waals surface area contributed by atoms with Crippen LogP contribution >= 0.6 is 0 Å². The number of hydrogen-bond acceptors (Lipinski definition) is 5. The van der Waals surface area contributed by atoms with Crippen molar-refractivity contribution in [1.29, 1.82) is 0 Å². The molecular formula is C17H20N2O4. The van der Waals surface area contributed by atoms with Gasteiger partial charge in [0.25, 0.3) is 5.91 Å². The molecule has 3 rings (SSSR count). The lowest BCUT2D eigenvalue weighted by Crippen LogP contribution is -2.15. The molecule has 0 radical (unpaired) electrons. The molecule has 0 unspecified atom stereocenters. The van der Waals surface area contributed by atoms with Gasteiger partial charge >= 0.3 is 0 Å². The van der Waals surface area contributed by atoms with Gasteiger partial charge in [0.05, 0.1) is 19.9 Å². The molecule has 0 aliphatic heterocycles. The Hall–Kier alpha value is -2.50. The van der Waals surface area contributed by atoms with E-state index in [0.29, 0.717) is 22.9 Å². The average Bonchev–Trinajstić information content (AvgIpc) is 2.83. The molecule has 2 aromatic rings. The van der Waals surface area contributed by atoms with Crippen LogP contribution in [0.1, 0.15) is 41.1 Å². The van der Waals surface area contributed by atoms with Crippen LogP contribution in [0.5, 0.6) is 11.5 Å². The molecule has 0 saturated carbocycles. The maximum absolute atomic E-state index is 12.6. The van der Waals surface area contributed by atoms with Crippen LogP contribution in [-0.4, -0.2) is 25.3 Å². The highest BCUT2D eigenvalue weighted by Crippen LogP contribution is 2.30. The zero-order valence-electron chi connectivity index (χ0n) is 13.3. The number of methoxy groups -OCH3 is 2.